The van der Waals surface area contributed by atoms with Gasteiger partial charge in [-0.05, 0) is 72.2 Å². The van der Waals surface area contributed by atoms with Crippen molar-refractivity contribution in [2.45, 2.75) is 55.3 Å². The number of cyclic esters (lactones) is 1. The molecule has 2 fully saturated rings. The summed E-state index contributed by atoms with van der Waals surface area (Å²) < 4.78 is 23.3. The lowest BCUT2D eigenvalue weighted by molar-refractivity contribution is -0.178. The van der Waals surface area contributed by atoms with Crippen LogP contribution in [0, 0.1) is 17.8 Å². The second-order valence-electron chi connectivity index (χ2n) is 15.0. The molecule has 59 heavy (non-hydrogen) atoms. The first-order valence-electron chi connectivity index (χ1n) is 19.9. The Balaban J connectivity index is 1.45. The number of rotatable bonds is 10. The molecule has 0 unspecified atom stereocenters. The van der Waals surface area contributed by atoms with Crippen LogP contribution in [0.2, 0.25) is 0 Å². The summed E-state index contributed by atoms with van der Waals surface area (Å²) in [6.45, 7) is -0.485. The van der Waals surface area contributed by atoms with Crippen molar-refractivity contribution in [1.29, 1.82) is 0 Å². The van der Waals surface area contributed by atoms with Gasteiger partial charge < -0.3 is 29.8 Å². The third-order valence-electron chi connectivity index (χ3n) is 11.7. The number of carbonyl (C=O) groups excluding carboxylic acids is 4. The number of aliphatic hydroxyl groups excluding tert-OH is 1. The summed E-state index contributed by atoms with van der Waals surface area (Å²) in [7, 11) is 1.46. The lowest BCUT2D eigenvalue weighted by atomic mass is 9.65. The molecule has 0 aromatic heterocycles. The van der Waals surface area contributed by atoms with E-state index >= 15 is 4.79 Å². The second-order valence-corrected chi connectivity index (χ2v) is 15.0. The van der Waals surface area contributed by atoms with Gasteiger partial charge in [-0.25, -0.2) is 9.69 Å². The molecule has 12 nitrogen and oxygen atoms in total. The lowest BCUT2D eigenvalue weighted by Gasteiger charge is -2.46. The van der Waals surface area contributed by atoms with Gasteiger partial charge in [0.25, 0.3) is 0 Å². The first-order valence-corrected chi connectivity index (χ1v) is 19.9. The molecule has 4 aromatic rings. The predicted molar refractivity (Wildman–Crippen MR) is 217 cm³/mol. The number of morpholine rings is 1. The summed E-state index contributed by atoms with van der Waals surface area (Å²) in [4.78, 5) is 62.2. The van der Waals surface area contributed by atoms with E-state index in [2.05, 4.69) is 17.9 Å². The van der Waals surface area contributed by atoms with Gasteiger partial charge in [-0.1, -0.05) is 96.8 Å². The lowest BCUT2D eigenvalue weighted by Crippen LogP contribution is -2.55. The smallest absolute Gasteiger partial charge is 0.421 e. The molecule has 4 aliphatic rings. The van der Waals surface area contributed by atoms with Gasteiger partial charge in [0.15, 0.2) is 0 Å². The van der Waals surface area contributed by atoms with Crippen molar-refractivity contribution >= 4 is 29.6 Å². The van der Waals surface area contributed by atoms with Gasteiger partial charge >= 0.3 is 12.1 Å². The predicted octanol–water partition coefficient (Wildman–Crippen LogP) is 5.84. The van der Waals surface area contributed by atoms with Crippen LogP contribution < -0.4 is 15.4 Å². The maximum atomic E-state index is 15.9. The number of hydrogen-bond donors (Lipinski definition) is 2. The molecule has 3 aliphatic heterocycles. The zero-order chi connectivity index (χ0) is 41.1. The van der Waals surface area contributed by atoms with Gasteiger partial charge in [-0.15, -0.1) is 0 Å². The Kier molecular flexibility index (Phi) is 11.3. The zero-order valence-corrected chi connectivity index (χ0v) is 32.6. The zero-order valence-electron chi connectivity index (χ0n) is 32.6. The average molecular weight is 796 g/mol. The van der Waals surface area contributed by atoms with Crippen molar-refractivity contribution in [3.05, 3.63) is 143 Å². The third-order valence-corrected chi connectivity index (χ3v) is 11.7. The summed E-state index contributed by atoms with van der Waals surface area (Å²) in [5.41, 5.74) is 8.23. The third kappa shape index (κ3) is 6.95. The van der Waals surface area contributed by atoms with Gasteiger partial charge in [0.05, 0.1) is 36.9 Å². The largest absolute Gasteiger partial charge is 0.491 e. The number of benzene rings is 4. The van der Waals surface area contributed by atoms with E-state index in [1.54, 1.807) is 42.5 Å². The summed E-state index contributed by atoms with van der Waals surface area (Å²) in [6.07, 6.45) is 4.14. The number of fused-ring (bicyclic) bond motifs is 3. The maximum Gasteiger partial charge on any atom is 0.421 e. The Hall–Kier alpha value is -6.26. The van der Waals surface area contributed by atoms with Crippen molar-refractivity contribution in [2.24, 2.45) is 11.7 Å². The van der Waals surface area contributed by atoms with Crippen molar-refractivity contribution in [3.63, 3.8) is 0 Å². The van der Waals surface area contributed by atoms with E-state index in [1.807, 2.05) is 65.6 Å². The van der Waals surface area contributed by atoms with Crippen LogP contribution in [0.5, 0.6) is 5.75 Å². The molecule has 12 heteroatoms. The van der Waals surface area contributed by atoms with Gasteiger partial charge in [-0.2, -0.15) is 0 Å². The number of hydrogen-bond acceptors (Lipinski definition) is 10. The number of amides is 3. The van der Waals surface area contributed by atoms with E-state index in [1.165, 1.54) is 7.11 Å². The van der Waals surface area contributed by atoms with E-state index in [0.29, 0.717) is 22.4 Å². The second kappa shape index (κ2) is 16.9. The quantitative estimate of drug-likeness (QED) is 0.114. The Labute approximate surface area is 342 Å². The molecular weight excluding hydrogens is 751 g/mol. The van der Waals surface area contributed by atoms with Crippen molar-refractivity contribution < 1.29 is 43.2 Å². The van der Waals surface area contributed by atoms with Gasteiger partial charge in [0.1, 0.15) is 36.5 Å². The fourth-order valence-electron chi connectivity index (χ4n) is 9.34. The molecular formula is C47H45N3O9. The highest BCUT2D eigenvalue weighted by Crippen LogP contribution is 2.66. The number of para-hydroxylation sites is 1. The fourth-order valence-corrected chi connectivity index (χ4v) is 9.34. The topological polar surface area (TPSA) is 158 Å². The van der Waals surface area contributed by atoms with Crippen molar-refractivity contribution in [2.75, 3.05) is 38.4 Å². The Bertz CT molecular complexity index is 2340. The Morgan fingerprint density at radius 2 is 1.61 bits per heavy atom. The van der Waals surface area contributed by atoms with Crippen LogP contribution in [0.15, 0.2) is 115 Å². The van der Waals surface area contributed by atoms with Gasteiger partial charge in [0.2, 0.25) is 11.8 Å². The van der Waals surface area contributed by atoms with Crippen LogP contribution in [-0.2, 0) is 34.0 Å². The number of aliphatic hydroxyl groups is 1. The van der Waals surface area contributed by atoms with Crippen LogP contribution in [-0.4, -0.2) is 73.5 Å². The van der Waals surface area contributed by atoms with E-state index in [4.69, 9.17) is 24.7 Å². The number of allylic oxidation sites excluding steroid dienone is 2. The van der Waals surface area contributed by atoms with Crippen molar-refractivity contribution in [1.82, 2.24) is 4.90 Å². The molecule has 0 radical (unpaired) electrons. The van der Waals surface area contributed by atoms with Gasteiger partial charge in [-0.3, -0.25) is 19.3 Å². The van der Waals surface area contributed by atoms with Crippen LogP contribution in [0.4, 0.5) is 10.5 Å². The molecule has 0 saturated carbocycles. The number of nitrogens with zero attached hydrogens (tertiary/aromatic N) is 2. The van der Waals surface area contributed by atoms with Crippen LogP contribution in [0.1, 0.15) is 71.7 Å². The molecule has 1 aliphatic carbocycles. The monoisotopic (exact) mass is 795 g/mol. The minimum Gasteiger partial charge on any atom is -0.491 e. The van der Waals surface area contributed by atoms with E-state index in [-0.39, 0.29) is 37.7 Å². The molecule has 3 N–H and O–H groups in total. The minimum atomic E-state index is -2.05. The molecule has 3 heterocycles. The molecule has 2 saturated heterocycles. The standard InChI is InChI=1S/C47H45N3O9/c1-56-27-28-58-46(55)49-36-24-23-31(22-21-30-13-5-2-6-14-30)29-35(36)47(45(49)54)38(43(48)52)40-44(53)59-41(33-17-9-4-10-18-33)39(32-15-7-3-8-16-32)50(40)42(47)34-19-11-12-20-37(34)57-26-25-51/h3-4,7-13,15-20,23-24,29,38-42,51H,2,5-6,14,25-28H2,1H3,(H2,48,52)/t38-,39-,40-,41+,42+,47-/m1/s1. The van der Waals surface area contributed by atoms with Crippen molar-refractivity contribution in [3.8, 4) is 17.6 Å². The molecule has 1 spiro atoms. The normalized spacial score (nSPS) is 24.7. The van der Waals surface area contributed by atoms with Gasteiger partial charge in [0, 0.05) is 18.2 Å². The highest BCUT2D eigenvalue weighted by atomic mass is 16.6. The van der Waals surface area contributed by atoms with E-state index in [0.717, 1.165) is 41.7 Å². The molecule has 6 atom stereocenters. The molecule has 3 amide bonds. The fraction of sp³-hybridized carbons (Fsp3) is 0.319. The number of nitrogens with two attached hydrogens (primary N) is 1. The number of anilines is 1. The van der Waals surface area contributed by atoms with Crippen LogP contribution in [0.3, 0.4) is 0 Å². The summed E-state index contributed by atoms with van der Waals surface area (Å²) in [5.74, 6) is 2.75. The molecule has 0 bridgehead atoms. The minimum absolute atomic E-state index is 0.0690. The highest BCUT2D eigenvalue weighted by molar-refractivity contribution is 6.23. The Morgan fingerprint density at radius 3 is 2.31 bits per heavy atom. The summed E-state index contributed by atoms with van der Waals surface area (Å²) in [5, 5.41) is 9.91. The number of esters is 1. The number of carbonyl (C=O) groups is 4. The first-order chi connectivity index (χ1) is 28.8. The maximum absolute atomic E-state index is 15.9. The van der Waals surface area contributed by atoms with Crippen LogP contribution >= 0.6 is 0 Å². The van der Waals surface area contributed by atoms with E-state index < -0.39 is 59.4 Å². The number of primary amides is 1. The first kappa shape index (κ1) is 39.6. The molecule has 4 aromatic carbocycles. The average Bonchev–Trinajstić information content (AvgIpc) is 3.72. The SMILES string of the molecule is COCCOC(=O)N1C(=O)[C@@]2(c3cc(C#CC4=CCCCC4)ccc31)[C@H](c1ccccc1OCCO)N1[C@H](c3ccccc3)[C@H](c3ccccc3)OC(=O)[C@H]1[C@@H]2C(N)=O. The van der Waals surface area contributed by atoms with E-state index in [9.17, 15) is 19.5 Å². The highest BCUT2D eigenvalue weighted by Gasteiger charge is 2.75. The number of ether oxygens (including phenoxy) is 4. The summed E-state index contributed by atoms with van der Waals surface area (Å²) >= 11 is 0. The molecule has 302 valence electrons. The molecule has 8 rings (SSSR count). The number of imide groups is 1. The van der Waals surface area contributed by atoms with Crippen LogP contribution in [0.25, 0.3) is 0 Å². The number of methoxy groups -OCH3 is 1. The Morgan fingerprint density at radius 1 is 0.881 bits per heavy atom. The summed E-state index contributed by atoms with van der Waals surface area (Å²) in [6, 6.07) is 27.4.